The lowest BCUT2D eigenvalue weighted by atomic mass is 9.95. The van der Waals surface area contributed by atoms with Gasteiger partial charge in [0.15, 0.2) is 0 Å². The van der Waals surface area contributed by atoms with E-state index in [4.69, 9.17) is 0 Å². The molecule has 0 bridgehead atoms. The maximum atomic E-state index is 13.5. The molecule has 0 atom stereocenters. The van der Waals surface area contributed by atoms with Crippen LogP contribution in [0.15, 0.2) is 53.4 Å². The average Bonchev–Trinajstić information content (AvgIpc) is 3.48. The number of hydrogen-bond donors (Lipinski definition) is 1. The maximum Gasteiger partial charge on any atom is 0.270 e. The number of carbonyl (C=O) groups is 2. The summed E-state index contributed by atoms with van der Waals surface area (Å²) < 4.78 is 16.5. The van der Waals surface area contributed by atoms with Gasteiger partial charge in [0, 0.05) is 32.1 Å². The van der Waals surface area contributed by atoms with Gasteiger partial charge in [-0.05, 0) is 80.2 Å². The van der Waals surface area contributed by atoms with Crippen LogP contribution >= 0.6 is 11.3 Å². The normalized spacial score (nSPS) is 16.9. The van der Waals surface area contributed by atoms with Crippen molar-refractivity contribution in [1.29, 1.82) is 0 Å². The molecule has 1 fully saturated rings. The topological polar surface area (TPSA) is 54.3 Å². The minimum absolute atomic E-state index is 0.00129. The first kappa shape index (κ1) is 23.8. The molecule has 0 unspecified atom stereocenters. The second kappa shape index (κ2) is 10.8. The molecule has 0 spiro atoms. The van der Waals surface area contributed by atoms with E-state index in [1.807, 2.05) is 27.0 Å². The quantitative estimate of drug-likeness (QED) is 0.426. The minimum atomic E-state index is -0.267. The Labute approximate surface area is 209 Å². The van der Waals surface area contributed by atoms with E-state index in [1.54, 1.807) is 23.5 Å². The number of nitrogens with one attached hydrogen (secondary N) is 1. The Balaban J connectivity index is 1.19. The molecule has 5 nitrogen and oxygen atoms in total. The van der Waals surface area contributed by atoms with Crippen LogP contribution in [0, 0.1) is 11.7 Å². The molecule has 1 saturated heterocycles. The summed E-state index contributed by atoms with van der Waals surface area (Å²) in [5, 5.41) is 5.14. The van der Waals surface area contributed by atoms with Crippen molar-refractivity contribution >= 4 is 33.4 Å². The fourth-order valence-electron chi connectivity index (χ4n) is 5.23. The van der Waals surface area contributed by atoms with E-state index in [1.165, 1.54) is 37.0 Å². The van der Waals surface area contributed by atoms with Crippen molar-refractivity contribution in [2.45, 2.75) is 51.5 Å². The number of carbonyl (C=O) groups excluding carboxylic acids is 2. The van der Waals surface area contributed by atoms with E-state index in [0.717, 1.165) is 28.6 Å². The van der Waals surface area contributed by atoms with Crippen LogP contribution in [0.2, 0.25) is 0 Å². The molecule has 184 valence electrons. The van der Waals surface area contributed by atoms with Crippen LogP contribution in [0.3, 0.4) is 0 Å². The summed E-state index contributed by atoms with van der Waals surface area (Å²) >= 11 is 1.61. The van der Waals surface area contributed by atoms with E-state index >= 15 is 0 Å². The van der Waals surface area contributed by atoms with Crippen molar-refractivity contribution in [1.82, 2.24) is 14.8 Å². The highest BCUT2D eigenvalue weighted by atomic mass is 32.1. The fraction of sp³-hybridized carbons (Fsp3) is 0.429. The summed E-state index contributed by atoms with van der Waals surface area (Å²) in [5.74, 6) is -0.183. The zero-order chi connectivity index (χ0) is 24.2. The van der Waals surface area contributed by atoms with Crippen LogP contribution in [-0.4, -0.2) is 40.9 Å². The second-order valence-electron chi connectivity index (χ2n) is 9.63. The molecular weight excluding hydrogens is 461 g/mol. The molecule has 3 aromatic rings. The molecule has 7 heteroatoms. The molecule has 35 heavy (non-hydrogen) atoms. The van der Waals surface area contributed by atoms with Crippen molar-refractivity contribution in [3.63, 3.8) is 0 Å². The van der Waals surface area contributed by atoms with Crippen LogP contribution in [-0.2, 0) is 11.3 Å². The third-order valence-corrected chi connectivity index (χ3v) is 8.13. The standard InChI is InChI=1S/C28H32FN3O2S/c29-23-8-6-21(7-9-23)19-32-24-13-17-35-26(24)18-25(32)28(34)31-15-11-22(12-16-31)27(33)30-14-10-20-4-2-1-3-5-20/h4,6-9,13,17-18,22H,1-3,5,10-12,14-16,19H2,(H,30,33). The number of benzene rings is 1. The summed E-state index contributed by atoms with van der Waals surface area (Å²) in [6.45, 7) is 2.38. The summed E-state index contributed by atoms with van der Waals surface area (Å²) in [4.78, 5) is 28.1. The summed E-state index contributed by atoms with van der Waals surface area (Å²) in [5.41, 5.74) is 4.09. The lowest BCUT2D eigenvalue weighted by Gasteiger charge is -2.31. The highest BCUT2D eigenvalue weighted by Gasteiger charge is 2.29. The van der Waals surface area contributed by atoms with Gasteiger partial charge in [-0.25, -0.2) is 4.39 Å². The number of aromatic nitrogens is 1. The van der Waals surface area contributed by atoms with E-state index in [0.29, 0.717) is 44.7 Å². The first-order chi connectivity index (χ1) is 17.1. The Morgan fingerprint density at radius 3 is 2.63 bits per heavy atom. The smallest absolute Gasteiger partial charge is 0.270 e. The first-order valence-corrected chi connectivity index (χ1v) is 13.5. The van der Waals surface area contributed by atoms with Gasteiger partial charge >= 0.3 is 0 Å². The number of amides is 2. The number of hydrogen-bond acceptors (Lipinski definition) is 3. The maximum absolute atomic E-state index is 13.5. The largest absolute Gasteiger partial charge is 0.356 e. The van der Waals surface area contributed by atoms with Gasteiger partial charge < -0.3 is 14.8 Å². The summed E-state index contributed by atoms with van der Waals surface area (Å²) in [7, 11) is 0. The summed E-state index contributed by atoms with van der Waals surface area (Å²) in [6, 6.07) is 10.4. The van der Waals surface area contributed by atoms with Gasteiger partial charge in [0.1, 0.15) is 11.5 Å². The molecule has 1 aliphatic carbocycles. The number of thiophene rings is 1. The van der Waals surface area contributed by atoms with Crippen molar-refractivity contribution in [3.8, 4) is 0 Å². The fourth-order valence-corrected chi connectivity index (χ4v) is 6.05. The molecule has 2 aromatic heterocycles. The van der Waals surface area contributed by atoms with Crippen molar-refractivity contribution in [3.05, 3.63) is 70.5 Å². The number of rotatable bonds is 7. The molecule has 0 saturated carbocycles. The lowest BCUT2D eigenvalue weighted by Crippen LogP contribution is -2.43. The molecule has 2 aliphatic rings. The Kier molecular flexibility index (Phi) is 7.32. The van der Waals surface area contributed by atoms with Gasteiger partial charge in [0.25, 0.3) is 5.91 Å². The third kappa shape index (κ3) is 5.50. The van der Waals surface area contributed by atoms with Crippen LogP contribution < -0.4 is 5.32 Å². The highest BCUT2D eigenvalue weighted by molar-refractivity contribution is 7.17. The SMILES string of the molecule is O=C(NCCC1=CCCCC1)C1CCN(C(=O)c2cc3sccc3n2Cc2ccc(F)cc2)CC1. The van der Waals surface area contributed by atoms with Crippen molar-refractivity contribution in [2.75, 3.05) is 19.6 Å². The molecule has 1 aliphatic heterocycles. The summed E-state index contributed by atoms with van der Waals surface area (Å²) in [6.07, 6.45) is 9.53. The molecule has 2 amide bonds. The van der Waals surface area contributed by atoms with E-state index < -0.39 is 0 Å². The predicted molar refractivity (Wildman–Crippen MR) is 138 cm³/mol. The zero-order valence-corrected chi connectivity index (χ0v) is 20.8. The minimum Gasteiger partial charge on any atom is -0.356 e. The molecule has 1 N–H and O–H groups in total. The van der Waals surface area contributed by atoms with E-state index in [-0.39, 0.29) is 23.5 Å². The van der Waals surface area contributed by atoms with Gasteiger partial charge in [-0.2, -0.15) is 0 Å². The highest BCUT2D eigenvalue weighted by Crippen LogP contribution is 2.28. The van der Waals surface area contributed by atoms with Gasteiger partial charge in [0.05, 0.1) is 10.2 Å². The molecule has 5 rings (SSSR count). The van der Waals surface area contributed by atoms with Crippen LogP contribution in [0.25, 0.3) is 10.2 Å². The van der Waals surface area contributed by atoms with Crippen molar-refractivity contribution in [2.24, 2.45) is 5.92 Å². The molecular formula is C28H32FN3O2S. The van der Waals surface area contributed by atoms with Crippen LogP contribution in [0.5, 0.6) is 0 Å². The third-order valence-electron chi connectivity index (χ3n) is 7.28. The van der Waals surface area contributed by atoms with Crippen LogP contribution in [0.1, 0.15) is 61.0 Å². The number of nitrogens with zero attached hydrogens (tertiary/aromatic N) is 2. The first-order valence-electron chi connectivity index (χ1n) is 12.6. The number of allylic oxidation sites excluding steroid dienone is 1. The Morgan fingerprint density at radius 1 is 1.09 bits per heavy atom. The van der Waals surface area contributed by atoms with Crippen molar-refractivity contribution < 1.29 is 14.0 Å². The number of piperidine rings is 1. The lowest BCUT2D eigenvalue weighted by molar-refractivity contribution is -0.126. The number of fused-ring (bicyclic) bond motifs is 1. The van der Waals surface area contributed by atoms with Gasteiger partial charge in [-0.15, -0.1) is 11.3 Å². The Bertz CT molecular complexity index is 1220. The van der Waals surface area contributed by atoms with E-state index in [2.05, 4.69) is 11.4 Å². The van der Waals surface area contributed by atoms with Crippen LogP contribution in [0.4, 0.5) is 4.39 Å². The second-order valence-corrected chi connectivity index (χ2v) is 10.6. The molecule has 3 heterocycles. The van der Waals surface area contributed by atoms with Gasteiger partial charge in [-0.3, -0.25) is 9.59 Å². The number of halogens is 1. The monoisotopic (exact) mass is 493 g/mol. The average molecular weight is 494 g/mol. The Morgan fingerprint density at radius 2 is 1.89 bits per heavy atom. The Hall–Kier alpha value is -2.93. The molecule has 0 radical (unpaired) electrons. The zero-order valence-electron chi connectivity index (χ0n) is 20.0. The molecule has 1 aromatic carbocycles. The van der Waals surface area contributed by atoms with E-state index in [9.17, 15) is 14.0 Å². The predicted octanol–water partition coefficient (Wildman–Crippen LogP) is 5.75. The number of likely N-dealkylation sites (tertiary alicyclic amines) is 1. The van der Waals surface area contributed by atoms with Gasteiger partial charge in [-0.1, -0.05) is 23.8 Å². The van der Waals surface area contributed by atoms with Gasteiger partial charge in [0.2, 0.25) is 5.91 Å².